The summed E-state index contributed by atoms with van der Waals surface area (Å²) in [5.41, 5.74) is 3.50. The van der Waals surface area contributed by atoms with E-state index in [9.17, 15) is 14.9 Å². The predicted octanol–water partition coefficient (Wildman–Crippen LogP) is 4.33. The number of carbonyl (C=O) groups excluding carboxylic acids is 1. The van der Waals surface area contributed by atoms with Crippen molar-refractivity contribution >= 4 is 6.16 Å². The molecule has 0 aromatic heterocycles. The maximum Gasteiger partial charge on any atom is 0.509 e. The van der Waals surface area contributed by atoms with Gasteiger partial charge >= 0.3 is 6.16 Å². The molecule has 0 heterocycles. The molecular formula is C23H17NO5. The van der Waals surface area contributed by atoms with E-state index in [2.05, 4.69) is 11.8 Å². The Bertz CT molecular complexity index is 1090. The molecular weight excluding hydrogens is 370 g/mol. The zero-order valence-corrected chi connectivity index (χ0v) is 15.4. The van der Waals surface area contributed by atoms with Gasteiger partial charge in [-0.1, -0.05) is 48.2 Å². The van der Waals surface area contributed by atoms with Crippen molar-refractivity contribution in [3.63, 3.8) is 0 Å². The van der Waals surface area contributed by atoms with Crippen molar-refractivity contribution in [1.29, 1.82) is 0 Å². The van der Waals surface area contributed by atoms with Gasteiger partial charge in [0.2, 0.25) is 0 Å². The van der Waals surface area contributed by atoms with Crippen LogP contribution in [0.5, 0.6) is 0 Å². The summed E-state index contributed by atoms with van der Waals surface area (Å²) in [6.45, 7) is 0. The van der Waals surface area contributed by atoms with Gasteiger partial charge in [0.05, 0.1) is 4.92 Å². The average molecular weight is 387 g/mol. The van der Waals surface area contributed by atoms with Crippen LogP contribution in [0.2, 0.25) is 0 Å². The molecule has 2 aromatic rings. The Labute approximate surface area is 167 Å². The standard InChI is InChI=1S/C23H17NO5/c25-23(28-20-13-11-19(12-14-20)24(26)27)29-22-15-18-7-2-1-5-16(18)9-10-17-6-3-4-8-21(17)22/h1-8,11-13,20,22H,14-15H2. The zero-order valence-electron chi connectivity index (χ0n) is 15.4. The number of nitrogens with zero attached hydrogens (tertiary/aromatic N) is 1. The molecule has 0 spiro atoms. The third-order valence-electron chi connectivity index (χ3n) is 4.80. The number of ether oxygens (including phenoxy) is 2. The molecule has 29 heavy (non-hydrogen) atoms. The van der Waals surface area contributed by atoms with E-state index in [0.29, 0.717) is 6.42 Å². The summed E-state index contributed by atoms with van der Waals surface area (Å²) in [4.78, 5) is 22.7. The van der Waals surface area contributed by atoms with E-state index < -0.39 is 23.3 Å². The summed E-state index contributed by atoms with van der Waals surface area (Å²) in [6.07, 6.45) is 3.00. The molecule has 0 fully saturated rings. The van der Waals surface area contributed by atoms with Gasteiger partial charge in [-0.2, -0.15) is 0 Å². The molecule has 0 N–H and O–H groups in total. The zero-order chi connectivity index (χ0) is 20.2. The van der Waals surface area contributed by atoms with E-state index in [1.165, 1.54) is 18.2 Å². The smallest absolute Gasteiger partial charge is 0.426 e. The number of fused-ring (bicyclic) bond motifs is 2. The van der Waals surface area contributed by atoms with Crippen molar-refractivity contribution in [2.45, 2.75) is 25.0 Å². The second kappa shape index (κ2) is 8.03. The summed E-state index contributed by atoms with van der Waals surface area (Å²) >= 11 is 0. The maximum absolute atomic E-state index is 12.4. The first-order chi connectivity index (χ1) is 14.1. The van der Waals surface area contributed by atoms with Gasteiger partial charge in [0, 0.05) is 35.6 Å². The minimum atomic E-state index is -0.816. The highest BCUT2D eigenvalue weighted by molar-refractivity contribution is 5.62. The lowest BCUT2D eigenvalue weighted by molar-refractivity contribution is -0.419. The van der Waals surface area contributed by atoms with E-state index in [4.69, 9.17) is 9.47 Å². The molecule has 0 bridgehead atoms. The Morgan fingerprint density at radius 1 is 1.03 bits per heavy atom. The lowest BCUT2D eigenvalue weighted by Gasteiger charge is -2.22. The molecule has 0 amide bonds. The van der Waals surface area contributed by atoms with E-state index in [1.807, 2.05) is 48.5 Å². The highest BCUT2D eigenvalue weighted by atomic mass is 16.7. The largest absolute Gasteiger partial charge is 0.509 e. The van der Waals surface area contributed by atoms with Crippen molar-refractivity contribution in [1.82, 2.24) is 0 Å². The molecule has 2 atom stereocenters. The molecule has 0 aliphatic heterocycles. The molecule has 4 rings (SSSR count). The van der Waals surface area contributed by atoms with Crippen LogP contribution in [0.3, 0.4) is 0 Å². The van der Waals surface area contributed by atoms with Crippen molar-refractivity contribution in [2.24, 2.45) is 0 Å². The number of nitro groups is 1. The molecule has 144 valence electrons. The van der Waals surface area contributed by atoms with Crippen LogP contribution in [-0.2, 0) is 15.9 Å². The third-order valence-corrected chi connectivity index (χ3v) is 4.80. The minimum Gasteiger partial charge on any atom is -0.426 e. The minimum absolute atomic E-state index is 0.0117. The van der Waals surface area contributed by atoms with Crippen LogP contribution >= 0.6 is 0 Å². The normalized spacial score (nSPS) is 19.2. The number of hydrogen-bond acceptors (Lipinski definition) is 5. The molecule has 6 nitrogen and oxygen atoms in total. The van der Waals surface area contributed by atoms with Gasteiger partial charge < -0.3 is 9.47 Å². The van der Waals surface area contributed by atoms with Gasteiger partial charge in [0.25, 0.3) is 5.70 Å². The fourth-order valence-electron chi connectivity index (χ4n) is 3.34. The van der Waals surface area contributed by atoms with Crippen LogP contribution in [0.4, 0.5) is 4.79 Å². The molecule has 2 aliphatic rings. The maximum atomic E-state index is 12.4. The van der Waals surface area contributed by atoms with Gasteiger partial charge in [-0.25, -0.2) is 4.79 Å². The topological polar surface area (TPSA) is 78.7 Å². The van der Waals surface area contributed by atoms with Crippen LogP contribution < -0.4 is 0 Å². The van der Waals surface area contributed by atoms with Gasteiger partial charge in [0.15, 0.2) is 0 Å². The average Bonchev–Trinajstić information content (AvgIpc) is 2.72. The van der Waals surface area contributed by atoms with Crippen LogP contribution in [0.15, 0.2) is 72.5 Å². The van der Waals surface area contributed by atoms with Crippen molar-refractivity contribution in [2.75, 3.05) is 0 Å². The SMILES string of the molecule is O=C(OC1C=CC([N+](=O)[O-])=CC1)OC1Cc2ccccc2C#Cc2ccccc21. The summed E-state index contributed by atoms with van der Waals surface area (Å²) in [5, 5.41) is 10.8. The second-order valence-electron chi connectivity index (χ2n) is 6.69. The van der Waals surface area contributed by atoms with E-state index in [-0.39, 0.29) is 12.1 Å². The summed E-state index contributed by atoms with van der Waals surface area (Å²) in [6, 6.07) is 15.3. The summed E-state index contributed by atoms with van der Waals surface area (Å²) in [5.74, 6) is 6.34. The quantitative estimate of drug-likeness (QED) is 0.339. The lowest BCUT2D eigenvalue weighted by atomic mass is 9.92. The predicted molar refractivity (Wildman–Crippen MR) is 105 cm³/mol. The molecule has 2 aromatic carbocycles. The van der Waals surface area contributed by atoms with Crippen LogP contribution in [0.25, 0.3) is 0 Å². The lowest BCUT2D eigenvalue weighted by Crippen LogP contribution is -2.22. The first-order valence-corrected chi connectivity index (χ1v) is 9.19. The number of rotatable bonds is 3. The number of allylic oxidation sites excluding steroid dienone is 1. The Morgan fingerprint density at radius 2 is 1.76 bits per heavy atom. The monoisotopic (exact) mass is 387 g/mol. The fourth-order valence-corrected chi connectivity index (χ4v) is 3.34. The van der Waals surface area contributed by atoms with E-state index in [1.54, 1.807) is 0 Å². The van der Waals surface area contributed by atoms with Crippen LogP contribution in [-0.4, -0.2) is 17.2 Å². The molecule has 0 saturated heterocycles. The summed E-state index contributed by atoms with van der Waals surface area (Å²) < 4.78 is 11.0. The van der Waals surface area contributed by atoms with Gasteiger partial charge in [0.1, 0.15) is 12.2 Å². The van der Waals surface area contributed by atoms with Crippen LogP contribution in [0, 0.1) is 22.0 Å². The Kier molecular flexibility index (Phi) is 5.12. The highest BCUT2D eigenvalue weighted by Gasteiger charge is 2.25. The van der Waals surface area contributed by atoms with Gasteiger partial charge in [-0.05, 0) is 29.8 Å². The van der Waals surface area contributed by atoms with Gasteiger partial charge in [-0.3, -0.25) is 10.1 Å². The van der Waals surface area contributed by atoms with Crippen molar-refractivity contribution < 1.29 is 19.2 Å². The fraction of sp³-hybridized carbons (Fsp3) is 0.174. The van der Waals surface area contributed by atoms with E-state index >= 15 is 0 Å². The Hall–Kier alpha value is -3.85. The Balaban J connectivity index is 1.52. The summed E-state index contributed by atoms with van der Waals surface area (Å²) in [7, 11) is 0. The molecule has 0 saturated carbocycles. The molecule has 0 radical (unpaired) electrons. The number of hydrogen-bond donors (Lipinski definition) is 0. The highest BCUT2D eigenvalue weighted by Crippen LogP contribution is 2.29. The third kappa shape index (κ3) is 4.19. The van der Waals surface area contributed by atoms with Crippen LogP contribution in [0.1, 0.15) is 34.8 Å². The van der Waals surface area contributed by atoms with Crippen molar-refractivity contribution in [3.8, 4) is 11.8 Å². The molecule has 2 aliphatic carbocycles. The molecule has 6 heteroatoms. The van der Waals surface area contributed by atoms with Gasteiger partial charge in [-0.15, -0.1) is 0 Å². The number of benzene rings is 2. The molecule has 2 unspecified atom stereocenters. The first-order valence-electron chi connectivity index (χ1n) is 9.19. The first kappa shape index (κ1) is 18.5. The second-order valence-corrected chi connectivity index (χ2v) is 6.69. The Morgan fingerprint density at radius 3 is 2.52 bits per heavy atom. The van der Waals surface area contributed by atoms with E-state index in [0.717, 1.165) is 22.3 Å². The number of carbonyl (C=O) groups is 1. The van der Waals surface area contributed by atoms with Crippen molar-refractivity contribution in [3.05, 3.63) is 105 Å².